The van der Waals surface area contributed by atoms with E-state index in [9.17, 15) is 25.2 Å². The summed E-state index contributed by atoms with van der Waals surface area (Å²) >= 11 is 0. The largest absolute Gasteiger partial charge is 0.394 e. The van der Waals surface area contributed by atoms with Gasteiger partial charge in [-0.2, -0.15) is 0 Å². The number of hydrogen-bond acceptors (Lipinski definition) is 7. The molecule has 4 rings (SSSR count). The molecule has 0 spiro atoms. The van der Waals surface area contributed by atoms with E-state index < -0.39 is 48.7 Å². The summed E-state index contributed by atoms with van der Waals surface area (Å²) in [6.07, 6.45) is -4.94. The van der Waals surface area contributed by atoms with Gasteiger partial charge in [-0.1, -0.05) is 91.0 Å². The Kier molecular flexibility index (Phi) is 6.71. The number of Topliss-reactive ketones (excluding diaryl/α,β-unsaturated/α-hetero) is 1. The third-order valence-corrected chi connectivity index (χ3v) is 5.91. The van der Waals surface area contributed by atoms with E-state index in [1.807, 2.05) is 91.0 Å². The summed E-state index contributed by atoms with van der Waals surface area (Å²) in [5, 5.41) is 40.7. The van der Waals surface area contributed by atoms with Crippen molar-refractivity contribution in [3.8, 4) is 0 Å². The molecule has 3 aromatic rings. The van der Waals surface area contributed by atoms with Gasteiger partial charge in [-0.3, -0.25) is 4.79 Å². The molecule has 3 aromatic carbocycles. The van der Waals surface area contributed by atoms with Gasteiger partial charge in [0.05, 0.1) is 6.61 Å². The number of benzene rings is 3. The lowest BCUT2D eigenvalue weighted by Gasteiger charge is -2.43. The van der Waals surface area contributed by atoms with E-state index in [1.54, 1.807) is 0 Å². The predicted octanol–water partition coefficient (Wildman–Crippen LogP) is 1.37. The van der Waals surface area contributed by atoms with Gasteiger partial charge in [-0.05, 0) is 16.7 Å². The minimum atomic E-state index is -2.57. The first-order chi connectivity index (χ1) is 15.9. The van der Waals surface area contributed by atoms with Gasteiger partial charge in [-0.25, -0.2) is 0 Å². The molecule has 7 nitrogen and oxygen atoms in total. The highest BCUT2D eigenvalue weighted by atomic mass is 16.7. The van der Waals surface area contributed by atoms with E-state index in [1.165, 1.54) is 0 Å². The van der Waals surface area contributed by atoms with Crippen LogP contribution >= 0.6 is 0 Å². The van der Waals surface area contributed by atoms with Crippen molar-refractivity contribution >= 4 is 5.78 Å². The lowest BCUT2D eigenvalue weighted by atomic mass is 9.80. The molecule has 1 aliphatic heterocycles. The molecule has 4 atom stereocenters. The zero-order chi connectivity index (χ0) is 23.5. The summed E-state index contributed by atoms with van der Waals surface area (Å²) in [4.78, 5) is 12.7. The van der Waals surface area contributed by atoms with Gasteiger partial charge in [-0.15, -0.1) is 0 Å². The lowest BCUT2D eigenvalue weighted by molar-refractivity contribution is -0.295. The van der Waals surface area contributed by atoms with Crippen LogP contribution in [0.25, 0.3) is 0 Å². The van der Waals surface area contributed by atoms with Crippen LogP contribution in [-0.2, 0) is 19.9 Å². The quantitative estimate of drug-likeness (QED) is 0.402. The summed E-state index contributed by atoms with van der Waals surface area (Å²) in [6, 6.07) is 28.0. The van der Waals surface area contributed by atoms with E-state index in [4.69, 9.17) is 9.47 Å². The van der Waals surface area contributed by atoms with Gasteiger partial charge in [0.2, 0.25) is 5.78 Å². The molecule has 0 bridgehead atoms. The first-order valence-corrected chi connectivity index (χ1v) is 10.6. The summed E-state index contributed by atoms with van der Waals surface area (Å²) in [7, 11) is 0. The summed E-state index contributed by atoms with van der Waals surface area (Å²) < 4.78 is 11.7. The fraction of sp³-hybridized carbons (Fsp3) is 0.269. The van der Waals surface area contributed by atoms with Crippen LogP contribution in [0.3, 0.4) is 0 Å². The fourth-order valence-electron chi connectivity index (χ4n) is 4.19. The first-order valence-electron chi connectivity index (χ1n) is 10.6. The number of ketones is 1. The van der Waals surface area contributed by atoms with Crippen molar-refractivity contribution in [2.75, 3.05) is 13.2 Å². The van der Waals surface area contributed by atoms with E-state index >= 15 is 0 Å². The Morgan fingerprint density at radius 1 is 0.818 bits per heavy atom. The number of aliphatic hydroxyl groups is 4. The van der Waals surface area contributed by atoms with E-state index in [0.29, 0.717) is 0 Å². The highest BCUT2D eigenvalue weighted by Gasteiger charge is 2.54. The minimum absolute atomic E-state index is 0.662. The second kappa shape index (κ2) is 9.52. The molecule has 172 valence electrons. The number of hydrogen-bond donors (Lipinski definition) is 4. The molecule has 0 aliphatic carbocycles. The van der Waals surface area contributed by atoms with Crippen molar-refractivity contribution in [3.05, 3.63) is 108 Å². The Balaban J connectivity index is 1.82. The molecule has 0 saturated carbocycles. The van der Waals surface area contributed by atoms with Crippen LogP contribution in [0.1, 0.15) is 16.7 Å². The maximum absolute atomic E-state index is 12.7. The molecule has 0 radical (unpaired) electrons. The highest BCUT2D eigenvalue weighted by Crippen LogP contribution is 2.41. The molecule has 1 heterocycles. The second-order valence-electron chi connectivity index (χ2n) is 7.99. The number of ether oxygens (including phenoxy) is 2. The van der Waals surface area contributed by atoms with Crippen LogP contribution in [0.15, 0.2) is 91.0 Å². The molecule has 1 saturated heterocycles. The van der Waals surface area contributed by atoms with Crippen LogP contribution < -0.4 is 0 Å². The number of aliphatic hydroxyl groups excluding tert-OH is 3. The van der Waals surface area contributed by atoms with Gasteiger partial charge in [0, 0.05) is 0 Å². The Hall–Kier alpha value is -2.91. The van der Waals surface area contributed by atoms with Crippen LogP contribution in [0.4, 0.5) is 0 Å². The molecule has 0 aromatic heterocycles. The number of carbonyl (C=O) groups is 1. The van der Waals surface area contributed by atoms with Gasteiger partial charge in [0.1, 0.15) is 30.5 Å². The molecular weight excluding hydrogens is 424 g/mol. The molecule has 7 heteroatoms. The standard InChI is InChI=1S/C26H26O7/c27-16-21-22(28)23(29)24(30)25(31,33-21)17-32-26(18-10-4-1-5-11-18,19-12-6-2-7-13-19)20-14-8-3-9-15-20/h1-15,21-23,27-29,31H,16-17H2/t21-,22-,23-,25+/m1/s1. The maximum atomic E-state index is 12.7. The smallest absolute Gasteiger partial charge is 0.254 e. The third-order valence-electron chi connectivity index (χ3n) is 5.91. The maximum Gasteiger partial charge on any atom is 0.254 e. The lowest BCUT2D eigenvalue weighted by Crippen LogP contribution is -2.65. The predicted molar refractivity (Wildman–Crippen MR) is 119 cm³/mol. The van der Waals surface area contributed by atoms with Crippen LogP contribution in [-0.4, -0.2) is 63.5 Å². The molecule has 33 heavy (non-hydrogen) atoms. The monoisotopic (exact) mass is 450 g/mol. The fourth-order valence-corrected chi connectivity index (χ4v) is 4.19. The summed E-state index contributed by atoms with van der Waals surface area (Å²) in [6.45, 7) is -1.36. The molecule has 1 fully saturated rings. The van der Waals surface area contributed by atoms with Gasteiger partial charge < -0.3 is 29.9 Å². The van der Waals surface area contributed by atoms with E-state index in [-0.39, 0.29) is 0 Å². The Morgan fingerprint density at radius 2 is 1.24 bits per heavy atom. The Bertz CT molecular complexity index is 961. The third kappa shape index (κ3) is 4.22. The minimum Gasteiger partial charge on any atom is -0.394 e. The van der Waals surface area contributed by atoms with Gasteiger partial charge in [0.25, 0.3) is 5.79 Å². The zero-order valence-corrected chi connectivity index (χ0v) is 17.8. The molecule has 0 unspecified atom stereocenters. The second-order valence-corrected chi connectivity index (χ2v) is 7.99. The molecular formula is C26H26O7. The van der Waals surface area contributed by atoms with Crippen molar-refractivity contribution in [1.82, 2.24) is 0 Å². The van der Waals surface area contributed by atoms with Crippen LogP contribution in [0, 0.1) is 0 Å². The molecule has 1 aliphatic rings. The van der Waals surface area contributed by atoms with Gasteiger partial charge >= 0.3 is 0 Å². The van der Waals surface area contributed by atoms with Crippen molar-refractivity contribution < 1.29 is 34.7 Å². The van der Waals surface area contributed by atoms with Crippen molar-refractivity contribution in [2.45, 2.75) is 29.7 Å². The Labute approximate surface area is 191 Å². The first kappa shape index (κ1) is 23.3. The number of rotatable bonds is 7. The van der Waals surface area contributed by atoms with Crippen molar-refractivity contribution in [3.63, 3.8) is 0 Å². The highest BCUT2D eigenvalue weighted by molar-refractivity contribution is 5.91. The topological polar surface area (TPSA) is 116 Å². The Morgan fingerprint density at radius 3 is 1.64 bits per heavy atom. The van der Waals surface area contributed by atoms with Crippen LogP contribution in [0.2, 0.25) is 0 Å². The van der Waals surface area contributed by atoms with Crippen molar-refractivity contribution in [1.29, 1.82) is 0 Å². The summed E-state index contributed by atoms with van der Waals surface area (Å²) in [5.74, 6) is -3.71. The van der Waals surface area contributed by atoms with E-state index in [0.717, 1.165) is 16.7 Å². The SMILES string of the molecule is O=C1[C@H](O)[C@H](O)[C@@H](CO)O[C@@]1(O)COC(c1ccccc1)(c1ccccc1)c1ccccc1. The average molecular weight is 450 g/mol. The van der Waals surface area contributed by atoms with E-state index in [2.05, 4.69) is 0 Å². The zero-order valence-electron chi connectivity index (χ0n) is 17.8. The summed E-state index contributed by atoms with van der Waals surface area (Å²) in [5.41, 5.74) is 0.995. The van der Waals surface area contributed by atoms with Crippen molar-refractivity contribution in [2.24, 2.45) is 0 Å². The molecule has 4 N–H and O–H groups in total. The number of carbonyl (C=O) groups excluding carboxylic acids is 1. The average Bonchev–Trinajstić information content (AvgIpc) is 2.87. The van der Waals surface area contributed by atoms with Crippen LogP contribution in [0.5, 0.6) is 0 Å². The normalized spacial score (nSPS) is 25.7. The van der Waals surface area contributed by atoms with Gasteiger partial charge in [0.15, 0.2) is 0 Å². The molecule has 0 amide bonds.